The van der Waals surface area contributed by atoms with E-state index >= 15 is 0 Å². The minimum atomic E-state index is 0.216. The van der Waals surface area contributed by atoms with Gasteiger partial charge in [0, 0.05) is 68.3 Å². The Balaban J connectivity index is 1.41. The number of amides is 1. The first-order valence-corrected chi connectivity index (χ1v) is 12.5. The fourth-order valence-corrected chi connectivity index (χ4v) is 5.67. The molecule has 8 heteroatoms. The van der Waals surface area contributed by atoms with Crippen molar-refractivity contribution < 1.29 is 9.53 Å². The highest BCUT2D eigenvalue weighted by molar-refractivity contribution is 5.77. The number of hydrogen-bond donors (Lipinski definition) is 0. The average molecular weight is 461 g/mol. The summed E-state index contributed by atoms with van der Waals surface area (Å²) < 4.78 is 9.77. The summed E-state index contributed by atoms with van der Waals surface area (Å²) in [4.78, 5) is 16.9. The monoisotopic (exact) mass is 460 g/mol. The van der Waals surface area contributed by atoms with E-state index in [0.717, 1.165) is 63.4 Å². The zero-order chi connectivity index (χ0) is 23.2. The normalized spacial score (nSPS) is 19.9. The van der Waals surface area contributed by atoms with Crippen molar-refractivity contribution in [2.24, 2.45) is 7.05 Å². The van der Waals surface area contributed by atoms with Crippen molar-refractivity contribution in [1.29, 1.82) is 0 Å². The van der Waals surface area contributed by atoms with E-state index in [1.54, 1.807) is 0 Å². The summed E-state index contributed by atoms with van der Waals surface area (Å²) in [6.07, 6.45) is 8.50. The Kier molecular flexibility index (Phi) is 5.40. The Morgan fingerprint density at radius 3 is 2.88 bits per heavy atom. The molecule has 3 aliphatic rings. The lowest BCUT2D eigenvalue weighted by Gasteiger charge is -2.33. The molecule has 0 aliphatic carbocycles. The number of nitrogens with zero attached hydrogens (tertiary/aromatic N) is 6. The van der Waals surface area contributed by atoms with Gasteiger partial charge >= 0.3 is 0 Å². The molecule has 34 heavy (non-hydrogen) atoms. The van der Waals surface area contributed by atoms with Crippen LogP contribution >= 0.6 is 0 Å². The van der Waals surface area contributed by atoms with E-state index in [4.69, 9.17) is 9.84 Å². The highest BCUT2D eigenvalue weighted by atomic mass is 16.5. The van der Waals surface area contributed by atoms with E-state index in [-0.39, 0.29) is 11.9 Å². The minimum absolute atomic E-state index is 0.216. The lowest BCUT2D eigenvalue weighted by Crippen LogP contribution is -2.36. The summed E-state index contributed by atoms with van der Waals surface area (Å²) >= 11 is 0. The Morgan fingerprint density at radius 2 is 2.12 bits per heavy atom. The van der Waals surface area contributed by atoms with Gasteiger partial charge in [-0.05, 0) is 42.5 Å². The number of aromatic nitrogens is 4. The second-order valence-electron chi connectivity index (χ2n) is 9.63. The molecule has 8 nitrogen and oxygen atoms in total. The van der Waals surface area contributed by atoms with E-state index in [2.05, 4.69) is 39.1 Å². The Labute approximate surface area is 200 Å². The van der Waals surface area contributed by atoms with Crippen LogP contribution in [0.4, 0.5) is 11.5 Å². The lowest BCUT2D eigenvalue weighted by atomic mass is 9.96. The van der Waals surface area contributed by atoms with Gasteiger partial charge in [0.25, 0.3) is 0 Å². The van der Waals surface area contributed by atoms with Gasteiger partial charge in [-0.15, -0.1) is 0 Å². The molecular formula is C26H32N6O2. The van der Waals surface area contributed by atoms with E-state index in [0.29, 0.717) is 13.0 Å². The number of rotatable bonds is 4. The predicted molar refractivity (Wildman–Crippen MR) is 130 cm³/mol. The van der Waals surface area contributed by atoms with E-state index in [9.17, 15) is 4.79 Å². The number of carbonyl (C=O) groups is 1. The lowest BCUT2D eigenvalue weighted by molar-refractivity contribution is -0.131. The van der Waals surface area contributed by atoms with E-state index in [1.807, 2.05) is 29.7 Å². The maximum atomic E-state index is 12.6. The van der Waals surface area contributed by atoms with Crippen LogP contribution in [0.5, 0.6) is 0 Å². The van der Waals surface area contributed by atoms with Crippen molar-refractivity contribution in [2.45, 2.75) is 51.6 Å². The molecule has 5 heterocycles. The maximum absolute atomic E-state index is 12.6. The van der Waals surface area contributed by atoms with Crippen LogP contribution in [0.1, 0.15) is 49.0 Å². The van der Waals surface area contributed by atoms with Crippen molar-refractivity contribution in [3.05, 3.63) is 47.4 Å². The summed E-state index contributed by atoms with van der Waals surface area (Å²) in [7, 11) is 1.95. The van der Waals surface area contributed by atoms with E-state index < -0.39 is 0 Å². The molecule has 0 bridgehead atoms. The van der Waals surface area contributed by atoms with Crippen LogP contribution < -0.4 is 4.90 Å². The molecule has 1 saturated heterocycles. The molecule has 0 unspecified atom stereocenters. The summed E-state index contributed by atoms with van der Waals surface area (Å²) in [5.41, 5.74) is 7.40. The molecule has 0 spiro atoms. The van der Waals surface area contributed by atoms with Gasteiger partial charge in [-0.25, -0.2) is 0 Å². The van der Waals surface area contributed by atoms with Gasteiger partial charge < -0.3 is 14.5 Å². The smallest absolute Gasteiger partial charge is 0.222 e. The van der Waals surface area contributed by atoms with Crippen molar-refractivity contribution in [3.63, 3.8) is 0 Å². The molecule has 1 atom stereocenters. The van der Waals surface area contributed by atoms with Crippen LogP contribution in [0.3, 0.4) is 0 Å². The molecule has 178 valence electrons. The standard InChI is InChI=1S/C26H32N6O2/c1-3-25(33)30-11-8-24-22(16-30)26(28-32(24)21-9-12-34-17-21)31-10-4-5-19-13-18(6-7-23(19)31)20-14-27-29(2)15-20/h6-7,13-15,21H,3-5,8-12,16-17H2,1-2H3/t21-/m0/s1. The summed E-state index contributed by atoms with van der Waals surface area (Å²) in [5.74, 6) is 1.24. The zero-order valence-corrected chi connectivity index (χ0v) is 20.0. The molecule has 1 aromatic carbocycles. The molecule has 0 radical (unpaired) electrons. The average Bonchev–Trinajstić information content (AvgIpc) is 3.62. The first kappa shape index (κ1) is 21.4. The first-order chi connectivity index (χ1) is 16.6. The quantitative estimate of drug-likeness (QED) is 0.595. The van der Waals surface area contributed by atoms with Crippen LogP contribution in [0.2, 0.25) is 0 Å². The van der Waals surface area contributed by atoms with Crippen LogP contribution in [0.25, 0.3) is 11.1 Å². The third kappa shape index (κ3) is 3.60. The highest BCUT2D eigenvalue weighted by Crippen LogP contribution is 2.40. The number of benzene rings is 1. The number of ether oxygens (including phenoxy) is 1. The molecule has 3 aromatic rings. The molecule has 0 N–H and O–H groups in total. The summed E-state index contributed by atoms with van der Waals surface area (Å²) in [6, 6.07) is 7.02. The third-order valence-electron chi connectivity index (χ3n) is 7.46. The van der Waals surface area contributed by atoms with Gasteiger partial charge in [0.2, 0.25) is 5.91 Å². The number of anilines is 2. The Morgan fingerprint density at radius 1 is 1.21 bits per heavy atom. The van der Waals surface area contributed by atoms with Gasteiger partial charge in [-0.1, -0.05) is 13.0 Å². The van der Waals surface area contributed by atoms with Gasteiger partial charge in [0.1, 0.15) is 0 Å². The summed E-state index contributed by atoms with van der Waals surface area (Å²) in [6.45, 7) is 5.80. The van der Waals surface area contributed by atoms with Crippen LogP contribution in [-0.2, 0) is 36.0 Å². The Bertz CT molecular complexity index is 1220. The Hall–Kier alpha value is -3.13. The first-order valence-electron chi connectivity index (χ1n) is 12.5. The third-order valence-corrected chi connectivity index (χ3v) is 7.46. The SMILES string of the molecule is CCC(=O)N1CCc2c(c(N3CCCc4cc(-c5cnn(C)c5)ccc43)nn2[C@H]2CCOC2)C1. The fourth-order valence-electron chi connectivity index (χ4n) is 5.67. The van der Waals surface area contributed by atoms with Crippen molar-refractivity contribution >= 4 is 17.4 Å². The number of fused-ring (bicyclic) bond motifs is 2. The van der Waals surface area contributed by atoms with Crippen LogP contribution in [0, 0.1) is 0 Å². The topological polar surface area (TPSA) is 68.4 Å². The molecular weight excluding hydrogens is 428 g/mol. The largest absolute Gasteiger partial charge is 0.379 e. The van der Waals surface area contributed by atoms with Crippen molar-refractivity contribution in [3.8, 4) is 11.1 Å². The minimum Gasteiger partial charge on any atom is -0.379 e. The van der Waals surface area contributed by atoms with Crippen LogP contribution in [-0.4, -0.2) is 56.7 Å². The van der Waals surface area contributed by atoms with Gasteiger partial charge in [0.15, 0.2) is 5.82 Å². The second-order valence-corrected chi connectivity index (χ2v) is 9.63. The van der Waals surface area contributed by atoms with Gasteiger partial charge in [0.05, 0.1) is 25.4 Å². The van der Waals surface area contributed by atoms with Crippen molar-refractivity contribution in [1.82, 2.24) is 24.5 Å². The predicted octanol–water partition coefficient (Wildman–Crippen LogP) is 3.62. The number of carbonyl (C=O) groups excluding carboxylic acids is 1. The van der Waals surface area contributed by atoms with Crippen LogP contribution in [0.15, 0.2) is 30.6 Å². The number of aryl methyl sites for hydroxylation is 2. The second kappa shape index (κ2) is 8.58. The maximum Gasteiger partial charge on any atom is 0.222 e. The molecule has 2 aromatic heterocycles. The van der Waals surface area contributed by atoms with Gasteiger partial charge in [-0.2, -0.15) is 10.2 Å². The molecule has 0 saturated carbocycles. The fraction of sp³-hybridized carbons (Fsp3) is 0.500. The molecule has 1 amide bonds. The van der Waals surface area contributed by atoms with E-state index in [1.165, 1.54) is 28.1 Å². The highest BCUT2D eigenvalue weighted by Gasteiger charge is 2.34. The summed E-state index contributed by atoms with van der Waals surface area (Å²) in [5, 5.41) is 9.55. The molecule has 3 aliphatic heterocycles. The zero-order valence-electron chi connectivity index (χ0n) is 20.0. The van der Waals surface area contributed by atoms with Crippen molar-refractivity contribution in [2.75, 3.05) is 31.2 Å². The van der Waals surface area contributed by atoms with Gasteiger partial charge in [-0.3, -0.25) is 14.2 Å². The molecule has 6 rings (SSSR count). The molecule has 1 fully saturated rings. The number of hydrogen-bond acceptors (Lipinski definition) is 5.